The number of carbonyl (C=O) groups is 2. The van der Waals surface area contributed by atoms with Crippen molar-refractivity contribution in [3.05, 3.63) is 24.3 Å². The van der Waals surface area contributed by atoms with Crippen LogP contribution in [-0.2, 0) is 9.59 Å². The largest absolute Gasteiger partial charge is 0.484 e. The third-order valence-electron chi connectivity index (χ3n) is 2.12. The van der Waals surface area contributed by atoms with Gasteiger partial charge in [0.1, 0.15) is 5.75 Å². The number of carbonyl (C=O) groups excluding carboxylic acids is 2. The van der Waals surface area contributed by atoms with Crippen LogP contribution in [-0.4, -0.2) is 24.0 Å². The highest BCUT2D eigenvalue weighted by atomic mass is 16.5. The van der Waals surface area contributed by atoms with Gasteiger partial charge in [0.2, 0.25) is 5.91 Å². The Morgan fingerprint density at radius 3 is 2.63 bits per heavy atom. The number of hydrogen-bond donors (Lipinski definition) is 3. The van der Waals surface area contributed by atoms with Gasteiger partial charge in [-0.25, -0.2) is 0 Å². The molecule has 104 valence electrons. The van der Waals surface area contributed by atoms with Crippen molar-refractivity contribution in [2.45, 2.75) is 25.8 Å². The molecule has 1 aromatic rings. The summed E-state index contributed by atoms with van der Waals surface area (Å²) in [5.41, 5.74) is 10.8. The summed E-state index contributed by atoms with van der Waals surface area (Å²) in [6.45, 7) is 3.35. The van der Waals surface area contributed by atoms with Gasteiger partial charge in [-0.1, -0.05) is 6.07 Å². The van der Waals surface area contributed by atoms with Crippen molar-refractivity contribution in [1.29, 1.82) is 0 Å². The second-order valence-electron chi connectivity index (χ2n) is 5.00. The molecule has 0 heterocycles. The molecule has 0 bridgehead atoms. The van der Waals surface area contributed by atoms with E-state index in [0.29, 0.717) is 11.4 Å². The van der Waals surface area contributed by atoms with Gasteiger partial charge in [-0.2, -0.15) is 0 Å². The lowest BCUT2D eigenvalue weighted by Gasteiger charge is -2.17. The van der Waals surface area contributed by atoms with Gasteiger partial charge in [-0.05, 0) is 26.0 Å². The van der Waals surface area contributed by atoms with E-state index in [2.05, 4.69) is 5.32 Å². The molecule has 5 N–H and O–H groups in total. The number of nitrogens with two attached hydrogens (primary N) is 2. The molecule has 6 nitrogen and oxygen atoms in total. The molecule has 0 aromatic heterocycles. The zero-order valence-corrected chi connectivity index (χ0v) is 11.1. The summed E-state index contributed by atoms with van der Waals surface area (Å²) < 4.78 is 5.14. The molecule has 2 amide bonds. The SMILES string of the molecule is CC(C)(N)CC(=O)Nc1cccc(OCC(N)=O)c1. The number of hydrogen-bond acceptors (Lipinski definition) is 4. The molecule has 0 saturated heterocycles. The second kappa shape index (κ2) is 6.19. The minimum absolute atomic E-state index is 0.181. The molecule has 0 aliphatic carbocycles. The average molecular weight is 265 g/mol. The zero-order chi connectivity index (χ0) is 14.5. The van der Waals surface area contributed by atoms with Crippen molar-refractivity contribution >= 4 is 17.5 Å². The van der Waals surface area contributed by atoms with E-state index in [1.165, 1.54) is 0 Å². The standard InChI is InChI=1S/C13H19N3O3/c1-13(2,15)7-12(18)16-9-4-3-5-10(6-9)19-8-11(14)17/h3-6H,7-8,15H2,1-2H3,(H2,14,17)(H,16,18). The van der Waals surface area contributed by atoms with Crippen LogP contribution in [0.25, 0.3) is 0 Å². The third-order valence-corrected chi connectivity index (χ3v) is 2.12. The van der Waals surface area contributed by atoms with Crippen molar-refractivity contribution in [3.8, 4) is 5.75 Å². The normalized spacial score (nSPS) is 10.9. The van der Waals surface area contributed by atoms with Gasteiger partial charge in [0.25, 0.3) is 5.91 Å². The van der Waals surface area contributed by atoms with Crippen LogP contribution < -0.4 is 21.5 Å². The van der Waals surface area contributed by atoms with Gasteiger partial charge in [0.05, 0.1) is 0 Å². The van der Waals surface area contributed by atoms with Crippen LogP contribution in [0, 0.1) is 0 Å². The smallest absolute Gasteiger partial charge is 0.255 e. The fraction of sp³-hybridized carbons (Fsp3) is 0.385. The first kappa shape index (κ1) is 15.0. The predicted molar refractivity (Wildman–Crippen MR) is 72.6 cm³/mol. The molecule has 0 aliphatic rings. The summed E-state index contributed by atoms with van der Waals surface area (Å²) in [7, 11) is 0. The molecule has 6 heteroatoms. The quantitative estimate of drug-likeness (QED) is 0.700. The number of ether oxygens (including phenoxy) is 1. The Balaban J connectivity index is 2.61. The van der Waals surface area contributed by atoms with E-state index < -0.39 is 11.4 Å². The predicted octanol–water partition coefficient (Wildman–Crippen LogP) is 0.617. The lowest BCUT2D eigenvalue weighted by atomic mass is 10.0. The first-order valence-electron chi connectivity index (χ1n) is 5.86. The van der Waals surface area contributed by atoms with Crippen molar-refractivity contribution in [1.82, 2.24) is 0 Å². The van der Waals surface area contributed by atoms with E-state index in [1.54, 1.807) is 38.1 Å². The third kappa shape index (κ3) is 6.42. The molecule has 1 rings (SSSR count). The lowest BCUT2D eigenvalue weighted by molar-refractivity contribution is -0.120. The molecular formula is C13H19N3O3. The van der Waals surface area contributed by atoms with Crippen LogP contribution in [0.3, 0.4) is 0 Å². The number of primary amides is 1. The number of amides is 2. The van der Waals surface area contributed by atoms with E-state index in [0.717, 1.165) is 0 Å². The summed E-state index contributed by atoms with van der Waals surface area (Å²) in [5.74, 6) is -0.275. The Hall–Kier alpha value is -2.08. The second-order valence-corrected chi connectivity index (χ2v) is 5.00. The van der Waals surface area contributed by atoms with Crippen LogP contribution >= 0.6 is 0 Å². The maximum Gasteiger partial charge on any atom is 0.255 e. The first-order chi connectivity index (χ1) is 8.76. The fourth-order valence-electron chi connectivity index (χ4n) is 1.44. The van der Waals surface area contributed by atoms with Gasteiger partial charge < -0.3 is 21.5 Å². The molecule has 0 saturated carbocycles. The van der Waals surface area contributed by atoms with Crippen LogP contribution in [0.4, 0.5) is 5.69 Å². The molecule has 19 heavy (non-hydrogen) atoms. The van der Waals surface area contributed by atoms with E-state index in [1.807, 2.05) is 0 Å². The summed E-state index contributed by atoms with van der Waals surface area (Å²) in [6.07, 6.45) is 0.208. The monoisotopic (exact) mass is 265 g/mol. The molecule has 0 fully saturated rings. The van der Waals surface area contributed by atoms with E-state index in [9.17, 15) is 9.59 Å². The lowest BCUT2D eigenvalue weighted by Crippen LogP contribution is -2.36. The van der Waals surface area contributed by atoms with Crippen molar-refractivity contribution in [3.63, 3.8) is 0 Å². The molecule has 1 aromatic carbocycles. The minimum atomic E-state index is -0.565. The number of anilines is 1. The van der Waals surface area contributed by atoms with Crippen LogP contribution in [0.5, 0.6) is 5.75 Å². The van der Waals surface area contributed by atoms with Gasteiger partial charge >= 0.3 is 0 Å². The maximum absolute atomic E-state index is 11.7. The van der Waals surface area contributed by atoms with E-state index in [4.69, 9.17) is 16.2 Å². The van der Waals surface area contributed by atoms with Crippen molar-refractivity contribution in [2.24, 2.45) is 11.5 Å². The summed E-state index contributed by atoms with van der Waals surface area (Å²) in [5, 5.41) is 2.71. The van der Waals surface area contributed by atoms with E-state index in [-0.39, 0.29) is 18.9 Å². The minimum Gasteiger partial charge on any atom is -0.484 e. The van der Waals surface area contributed by atoms with E-state index >= 15 is 0 Å². The Kier molecular flexibility index (Phi) is 4.88. The molecule has 0 atom stereocenters. The van der Waals surface area contributed by atoms with Crippen LogP contribution in [0.2, 0.25) is 0 Å². The van der Waals surface area contributed by atoms with Gasteiger partial charge in [0.15, 0.2) is 6.61 Å². The zero-order valence-electron chi connectivity index (χ0n) is 11.1. The van der Waals surface area contributed by atoms with Gasteiger partial charge in [0, 0.05) is 23.7 Å². The fourth-order valence-corrected chi connectivity index (χ4v) is 1.44. The summed E-state index contributed by atoms with van der Waals surface area (Å²) >= 11 is 0. The molecule has 0 spiro atoms. The van der Waals surface area contributed by atoms with Crippen molar-refractivity contribution < 1.29 is 14.3 Å². The van der Waals surface area contributed by atoms with Gasteiger partial charge in [-0.15, -0.1) is 0 Å². The summed E-state index contributed by atoms with van der Waals surface area (Å²) in [6, 6.07) is 6.72. The molecule has 0 aliphatic heterocycles. The number of benzene rings is 1. The van der Waals surface area contributed by atoms with Crippen LogP contribution in [0.15, 0.2) is 24.3 Å². The molecule has 0 unspecified atom stereocenters. The average Bonchev–Trinajstić information content (AvgIpc) is 2.24. The Labute approximate surface area is 112 Å². The first-order valence-corrected chi connectivity index (χ1v) is 5.86. The Morgan fingerprint density at radius 2 is 2.05 bits per heavy atom. The highest BCUT2D eigenvalue weighted by molar-refractivity contribution is 5.91. The molecule has 0 radical (unpaired) electrons. The summed E-state index contributed by atoms with van der Waals surface area (Å²) in [4.78, 5) is 22.3. The number of rotatable bonds is 6. The topological polar surface area (TPSA) is 107 Å². The highest BCUT2D eigenvalue weighted by Gasteiger charge is 2.16. The van der Waals surface area contributed by atoms with Crippen molar-refractivity contribution in [2.75, 3.05) is 11.9 Å². The molecular weight excluding hydrogens is 246 g/mol. The highest BCUT2D eigenvalue weighted by Crippen LogP contribution is 2.18. The van der Waals surface area contributed by atoms with Crippen LogP contribution in [0.1, 0.15) is 20.3 Å². The Morgan fingerprint density at radius 1 is 1.37 bits per heavy atom. The maximum atomic E-state index is 11.7. The Bertz CT molecular complexity index is 466. The van der Waals surface area contributed by atoms with Gasteiger partial charge in [-0.3, -0.25) is 9.59 Å². The number of nitrogens with one attached hydrogen (secondary N) is 1.